The molecule has 10 N–H and O–H groups in total. The second-order valence-electron chi connectivity index (χ2n) is 9.25. The molecule has 0 aromatic carbocycles. The van der Waals surface area contributed by atoms with E-state index >= 15 is 0 Å². The maximum atomic E-state index is 12.4. The van der Waals surface area contributed by atoms with Gasteiger partial charge in [-0.2, -0.15) is 0 Å². The molecule has 0 radical (unpaired) electrons. The van der Waals surface area contributed by atoms with E-state index in [0.29, 0.717) is 0 Å². The number of carbonyl (C=O) groups excluding carboxylic acids is 1. The first-order valence-corrected chi connectivity index (χ1v) is 16.9. The zero-order chi connectivity index (χ0) is 31.3. The number of imidazole rings is 1. The Hall–Kier alpha value is -2.23. The van der Waals surface area contributed by atoms with Crippen molar-refractivity contribution in [3.8, 4) is 0 Å². The Labute approximate surface area is 246 Å². The van der Waals surface area contributed by atoms with Crippen LogP contribution in [0, 0.1) is 0 Å². The van der Waals surface area contributed by atoms with Crippen LogP contribution in [0.25, 0.3) is 11.2 Å². The molecule has 24 heteroatoms. The summed E-state index contributed by atoms with van der Waals surface area (Å²) in [7, 11) is -10.7. The molecule has 10 atom stereocenters. The summed E-state index contributed by atoms with van der Waals surface area (Å²) in [4.78, 5) is 48.5. The van der Waals surface area contributed by atoms with Gasteiger partial charge in [0.05, 0.1) is 6.33 Å². The van der Waals surface area contributed by atoms with Gasteiger partial charge in [0.2, 0.25) is 0 Å². The van der Waals surface area contributed by atoms with E-state index in [-0.39, 0.29) is 27.2 Å². The molecule has 43 heavy (non-hydrogen) atoms. The van der Waals surface area contributed by atoms with E-state index in [9.17, 15) is 44.1 Å². The van der Waals surface area contributed by atoms with Crippen molar-refractivity contribution in [2.45, 2.75) is 49.0 Å². The van der Waals surface area contributed by atoms with Gasteiger partial charge in [-0.25, -0.2) is 15.0 Å². The van der Waals surface area contributed by atoms with Gasteiger partial charge in [-0.1, -0.05) is 0 Å². The van der Waals surface area contributed by atoms with Crippen LogP contribution in [0.2, 0.25) is 0 Å². The number of primary amides is 1. The monoisotopic (exact) mass is 717 g/mol. The van der Waals surface area contributed by atoms with Crippen LogP contribution >= 0.6 is 15.6 Å². The Balaban J connectivity index is 1.15. The molecule has 21 nitrogen and oxygen atoms in total. The normalized spacial score (nSPS) is 32.1. The summed E-state index contributed by atoms with van der Waals surface area (Å²) in [5.74, 6) is -0.743. The van der Waals surface area contributed by atoms with Gasteiger partial charge in [-0.05, 0) is 0 Å². The first-order valence-electron chi connectivity index (χ1n) is 12.0. The number of amides is 1. The molecule has 0 saturated carbocycles. The number of phosphoric acid groups is 2. The number of ether oxygens (including phenoxy) is 2. The van der Waals surface area contributed by atoms with E-state index in [1.165, 1.54) is 15.8 Å². The van der Waals surface area contributed by atoms with Gasteiger partial charge in [0, 0.05) is 0 Å². The van der Waals surface area contributed by atoms with Gasteiger partial charge in [0.1, 0.15) is 24.1 Å². The third-order valence-corrected chi connectivity index (χ3v) is 10.9. The molecule has 236 valence electrons. The zero-order valence-electron chi connectivity index (χ0n) is 21.4. The topological polar surface area (TPSA) is 327 Å². The van der Waals surface area contributed by atoms with Crippen LogP contribution in [0.4, 0.5) is 5.82 Å². The van der Waals surface area contributed by atoms with E-state index in [2.05, 4.69) is 28.8 Å². The average molecular weight is 716 g/mol. The van der Waals surface area contributed by atoms with Crippen molar-refractivity contribution in [3.05, 3.63) is 27.9 Å². The Morgan fingerprint density at radius 1 is 0.977 bits per heavy atom. The number of rotatable bonds is 11. The first kappa shape index (κ1) is 32.2. The molecule has 1 amide bonds. The standard InChI is InChI=1S/C19H25N7O14P2Se/c20-15-9-17(23-4-22-15)26(5-24-9)19-13(30)11(28)8(39-19)2-37-42(34,35)40-41(32,33)36-1-7-10(27)12(29)14(38-7)18-25-6(3-43-18)16(21)31/h3-5,7-8,10-14,19,27-30H,1-2H2,(H2,21,31)(H,32,33)(H,34,35)(H2,20,22,23)/t7-,8+,10-,11+,12-,13+,14?,19?/m0/s1. The molecule has 2 fully saturated rings. The number of carbonyl (C=O) groups is 1. The van der Waals surface area contributed by atoms with Crippen molar-refractivity contribution in [1.82, 2.24) is 24.5 Å². The van der Waals surface area contributed by atoms with Crippen molar-refractivity contribution in [1.29, 1.82) is 0 Å². The predicted molar refractivity (Wildman–Crippen MR) is 138 cm³/mol. The number of hydrogen-bond acceptors (Lipinski definition) is 17. The number of nitrogens with zero attached hydrogens (tertiary/aromatic N) is 5. The fourth-order valence-electron chi connectivity index (χ4n) is 4.29. The summed E-state index contributed by atoms with van der Waals surface area (Å²) in [6.45, 7) is -1.78. The van der Waals surface area contributed by atoms with E-state index in [1.54, 1.807) is 0 Å². The van der Waals surface area contributed by atoms with Crippen molar-refractivity contribution < 1.29 is 67.0 Å². The van der Waals surface area contributed by atoms with Gasteiger partial charge in [0.15, 0.2) is 17.7 Å². The van der Waals surface area contributed by atoms with Gasteiger partial charge in [-0.3, -0.25) is 4.57 Å². The minimum absolute atomic E-state index is 0.0394. The fourth-order valence-corrected chi connectivity index (χ4v) is 8.23. The second-order valence-corrected chi connectivity index (χ2v) is 14.2. The number of nitrogen functional groups attached to an aromatic ring is 1. The van der Waals surface area contributed by atoms with Gasteiger partial charge < -0.3 is 20.7 Å². The van der Waals surface area contributed by atoms with Crippen molar-refractivity contribution in [3.63, 3.8) is 0 Å². The summed E-state index contributed by atoms with van der Waals surface area (Å²) in [6.07, 6.45) is -9.32. The minimum atomic E-state index is -5.36. The molecule has 2 saturated heterocycles. The molecule has 0 spiro atoms. The Morgan fingerprint density at radius 3 is 2.23 bits per heavy atom. The summed E-state index contributed by atoms with van der Waals surface area (Å²) >= 11 is -0.524. The molecule has 0 aliphatic carbocycles. The van der Waals surface area contributed by atoms with Crippen LogP contribution in [-0.2, 0) is 32.0 Å². The summed E-state index contributed by atoms with van der Waals surface area (Å²) < 4.78 is 50.9. The molecular weight excluding hydrogens is 691 g/mol. The van der Waals surface area contributed by atoms with Gasteiger partial charge in [-0.15, -0.1) is 0 Å². The van der Waals surface area contributed by atoms with Crippen molar-refractivity contribution >= 4 is 53.0 Å². The Morgan fingerprint density at radius 2 is 1.60 bits per heavy atom. The molecule has 5 rings (SSSR count). The van der Waals surface area contributed by atoms with Gasteiger partial charge in [0.25, 0.3) is 0 Å². The average Bonchev–Trinajstić information content (AvgIpc) is 3.70. The molecule has 2 aliphatic rings. The SMILES string of the molecule is NC(=O)c1c[se]c(C2O[C@@H](COP(=O)(O)OP(=O)(O)OC[C@H]3OC(n4cnc5c(N)ncnc54)[C@H](O)[C@@H]3O)[C@H](O)[C@@H]2O)n1. The number of anilines is 1. The molecule has 5 heterocycles. The van der Waals surface area contributed by atoms with Crippen LogP contribution in [-0.4, -0.2) is 125 Å². The zero-order valence-corrected chi connectivity index (χ0v) is 24.9. The number of aliphatic hydroxyl groups is 4. The molecular formula is C19H25N7O14P2Se. The molecule has 3 aromatic heterocycles. The third-order valence-electron chi connectivity index (χ3n) is 6.39. The third kappa shape index (κ3) is 6.74. The number of aliphatic hydroxyl groups excluding tert-OH is 4. The van der Waals surface area contributed by atoms with Crippen LogP contribution in [0.3, 0.4) is 0 Å². The Bertz CT molecular complexity index is 1590. The first-order chi connectivity index (χ1) is 20.2. The molecule has 2 aliphatic heterocycles. The van der Waals surface area contributed by atoms with Gasteiger partial charge >= 0.3 is 158 Å². The van der Waals surface area contributed by atoms with E-state index in [0.717, 1.165) is 6.33 Å². The fraction of sp³-hybridized carbons (Fsp3) is 0.526. The molecule has 3 aromatic rings. The van der Waals surface area contributed by atoms with Crippen molar-refractivity contribution in [2.24, 2.45) is 5.73 Å². The Kier molecular flexibility index (Phi) is 9.19. The van der Waals surface area contributed by atoms with Crippen LogP contribution in [0.15, 0.2) is 17.6 Å². The second kappa shape index (κ2) is 12.3. The van der Waals surface area contributed by atoms with Crippen LogP contribution < -0.4 is 11.5 Å². The number of hydrogen-bond donors (Lipinski definition) is 8. The quantitative estimate of drug-likeness (QED) is 0.0711. The summed E-state index contributed by atoms with van der Waals surface area (Å²) in [5, 5.41) is 41.5. The summed E-state index contributed by atoms with van der Waals surface area (Å²) in [6, 6.07) is 0. The number of nitrogens with two attached hydrogens (primary N) is 2. The molecule has 0 bridgehead atoms. The maximum absolute atomic E-state index is 12.4. The van der Waals surface area contributed by atoms with E-state index < -0.39 is 98.2 Å². The van der Waals surface area contributed by atoms with E-state index in [1.807, 2.05) is 0 Å². The number of phosphoric ester groups is 2. The van der Waals surface area contributed by atoms with Crippen LogP contribution in [0.1, 0.15) is 27.4 Å². The molecule has 4 unspecified atom stereocenters. The summed E-state index contributed by atoms with van der Waals surface area (Å²) in [5.41, 5.74) is 11.2. The van der Waals surface area contributed by atoms with E-state index in [4.69, 9.17) is 25.5 Å². The van der Waals surface area contributed by atoms with Crippen LogP contribution in [0.5, 0.6) is 0 Å². The van der Waals surface area contributed by atoms with Crippen molar-refractivity contribution in [2.75, 3.05) is 18.9 Å². The predicted octanol–water partition coefficient (Wildman–Crippen LogP) is -3.31. The number of aromatic nitrogens is 5. The number of fused-ring (bicyclic) bond motifs is 1.